The van der Waals surface area contributed by atoms with E-state index < -0.39 is 26.5 Å². The smallest absolute Gasteiger partial charge is 0.462 e. The summed E-state index contributed by atoms with van der Waals surface area (Å²) in [4.78, 5) is 35.9. The zero-order chi connectivity index (χ0) is 63.4. The van der Waals surface area contributed by atoms with Crippen LogP contribution in [0.5, 0.6) is 0 Å². The molecule has 10 heteroatoms. The third-order valence-electron chi connectivity index (χ3n) is 18.4. The van der Waals surface area contributed by atoms with Crippen molar-refractivity contribution in [3.63, 3.8) is 0 Å². The monoisotopic (exact) mass is 1250 g/mol. The topological polar surface area (TPSA) is 108 Å². The van der Waals surface area contributed by atoms with Gasteiger partial charge in [0.15, 0.2) is 6.10 Å². The number of ether oxygens (including phenoxy) is 2. The average Bonchev–Trinajstić information content (AvgIpc) is 3.56. The molecule has 0 bridgehead atoms. The molecule has 520 valence electrons. The van der Waals surface area contributed by atoms with Crippen LogP contribution >= 0.6 is 7.82 Å². The molecule has 0 fully saturated rings. The molecule has 9 nitrogen and oxygen atoms in total. The van der Waals surface area contributed by atoms with Gasteiger partial charge in [0.05, 0.1) is 27.7 Å². The Bertz CT molecular complexity index is 1420. The van der Waals surface area contributed by atoms with Crippen molar-refractivity contribution in [3.8, 4) is 0 Å². The van der Waals surface area contributed by atoms with E-state index in [2.05, 4.69) is 13.8 Å². The maximum absolute atomic E-state index is 12.9. The summed E-state index contributed by atoms with van der Waals surface area (Å²) < 4.78 is 34.8. The van der Waals surface area contributed by atoms with E-state index in [0.717, 1.165) is 38.5 Å². The number of carbonyl (C=O) groups is 2. The third-order valence-corrected chi connectivity index (χ3v) is 19.4. The van der Waals surface area contributed by atoms with Crippen LogP contribution < -0.4 is 0 Å². The first-order valence-electron chi connectivity index (χ1n) is 39.3. The first-order chi connectivity index (χ1) is 42.5. The van der Waals surface area contributed by atoms with Gasteiger partial charge in [-0.3, -0.25) is 18.6 Å². The number of likely N-dealkylation sites (N-methyl/N-ethyl adjacent to an activating group) is 1. The summed E-state index contributed by atoms with van der Waals surface area (Å²) in [5, 5.41) is 0. The molecule has 0 aliphatic carbocycles. The van der Waals surface area contributed by atoms with E-state index in [1.807, 2.05) is 21.1 Å². The van der Waals surface area contributed by atoms with Crippen LogP contribution in [0.2, 0.25) is 0 Å². The summed E-state index contributed by atoms with van der Waals surface area (Å²) >= 11 is 0. The SMILES string of the molecule is CCCCCCCCCCCCCCCCCCCCCCCCCCCCCCCCCCCCCCCCCCC(=O)OC(COC(=O)CCCCCCCCCCCCCCCCCCCCCCCCC)COP(=O)(O)OCC[N+](C)(C)C. The van der Waals surface area contributed by atoms with E-state index in [9.17, 15) is 19.0 Å². The molecule has 0 saturated heterocycles. The van der Waals surface area contributed by atoms with Crippen molar-refractivity contribution in [1.29, 1.82) is 0 Å². The zero-order valence-corrected chi connectivity index (χ0v) is 60.5. The van der Waals surface area contributed by atoms with Gasteiger partial charge in [-0.1, -0.05) is 406 Å². The lowest BCUT2D eigenvalue weighted by molar-refractivity contribution is -0.870. The van der Waals surface area contributed by atoms with Crippen molar-refractivity contribution in [1.82, 2.24) is 0 Å². The Kier molecular flexibility index (Phi) is 68.6. The van der Waals surface area contributed by atoms with Crippen molar-refractivity contribution in [2.75, 3.05) is 47.5 Å². The lowest BCUT2D eigenvalue weighted by Gasteiger charge is -2.24. The fourth-order valence-corrected chi connectivity index (χ4v) is 13.1. The number of quaternary nitrogens is 1. The van der Waals surface area contributed by atoms with Gasteiger partial charge in [0.2, 0.25) is 0 Å². The van der Waals surface area contributed by atoms with Gasteiger partial charge in [-0.25, -0.2) is 4.57 Å². The third kappa shape index (κ3) is 73.9. The second-order valence-electron chi connectivity index (χ2n) is 28.5. The highest BCUT2D eigenvalue weighted by Crippen LogP contribution is 2.43. The van der Waals surface area contributed by atoms with Crippen LogP contribution in [0.1, 0.15) is 431 Å². The molecule has 87 heavy (non-hydrogen) atoms. The predicted molar refractivity (Wildman–Crippen MR) is 377 cm³/mol. The van der Waals surface area contributed by atoms with E-state index in [1.54, 1.807) is 0 Å². The molecule has 2 atom stereocenters. The zero-order valence-electron chi connectivity index (χ0n) is 59.6. The number of phosphoric acid groups is 1. The minimum absolute atomic E-state index is 0.0378. The van der Waals surface area contributed by atoms with Crippen molar-refractivity contribution < 1.29 is 42.1 Å². The summed E-state index contributed by atoms with van der Waals surface area (Å²) in [6, 6.07) is 0. The van der Waals surface area contributed by atoms with Gasteiger partial charge in [-0.2, -0.15) is 0 Å². The predicted octanol–water partition coefficient (Wildman–Crippen LogP) is 25.7. The van der Waals surface area contributed by atoms with E-state index in [4.69, 9.17) is 18.5 Å². The molecular weight excluding hydrogens is 1100 g/mol. The Hall–Kier alpha value is -0.990. The van der Waals surface area contributed by atoms with Crippen LogP contribution in [-0.4, -0.2) is 74.9 Å². The lowest BCUT2D eigenvalue weighted by atomic mass is 10.0. The highest BCUT2D eigenvalue weighted by atomic mass is 31.2. The molecule has 2 unspecified atom stereocenters. The molecule has 0 heterocycles. The lowest BCUT2D eigenvalue weighted by Crippen LogP contribution is -2.37. The molecule has 0 saturated carbocycles. The highest BCUT2D eigenvalue weighted by molar-refractivity contribution is 7.47. The Labute approximate surface area is 544 Å². The Balaban J connectivity index is 3.85. The van der Waals surface area contributed by atoms with Gasteiger partial charge in [-0.05, 0) is 12.8 Å². The van der Waals surface area contributed by atoms with Gasteiger partial charge in [0.25, 0.3) is 0 Å². The van der Waals surface area contributed by atoms with Gasteiger partial charge >= 0.3 is 19.8 Å². The first kappa shape index (κ1) is 86.0. The molecular formula is C77H155NO8P+. The molecule has 1 N–H and O–H groups in total. The Morgan fingerprint density at radius 2 is 0.517 bits per heavy atom. The first-order valence-corrected chi connectivity index (χ1v) is 40.8. The maximum Gasteiger partial charge on any atom is 0.472 e. The number of phosphoric ester groups is 1. The van der Waals surface area contributed by atoms with Crippen LogP contribution in [0, 0.1) is 0 Å². The Morgan fingerprint density at radius 1 is 0.310 bits per heavy atom. The molecule has 0 aromatic carbocycles. The number of nitrogens with zero attached hydrogens (tertiary/aromatic N) is 1. The standard InChI is InChI=1S/C77H154NO8P/c1-6-8-10-12-14-16-18-20-22-24-26-28-30-31-32-33-34-35-36-37-38-39-40-41-42-43-44-45-46-48-50-52-54-56-58-60-62-64-66-68-70-77(80)86-75(74-85-87(81,82)84-72-71-78(3,4)5)73-83-76(79)69-67-65-63-61-59-57-55-53-51-49-47-29-27-25-23-21-19-17-15-13-11-9-7-2/h75H,6-74H2,1-5H3/p+1. The van der Waals surface area contributed by atoms with Gasteiger partial charge in [-0.15, -0.1) is 0 Å². The van der Waals surface area contributed by atoms with Crippen molar-refractivity contribution in [2.45, 2.75) is 437 Å². The van der Waals surface area contributed by atoms with Crippen LogP contribution in [-0.2, 0) is 32.7 Å². The van der Waals surface area contributed by atoms with Crippen LogP contribution in [0.25, 0.3) is 0 Å². The van der Waals surface area contributed by atoms with Gasteiger partial charge in [0, 0.05) is 12.8 Å². The van der Waals surface area contributed by atoms with Crippen molar-refractivity contribution in [2.24, 2.45) is 0 Å². The maximum atomic E-state index is 12.9. The number of unbranched alkanes of at least 4 members (excludes halogenated alkanes) is 61. The minimum atomic E-state index is -4.39. The summed E-state index contributed by atoms with van der Waals surface area (Å²) in [6.07, 6.45) is 85.5. The van der Waals surface area contributed by atoms with E-state index in [1.165, 1.54) is 366 Å². The molecule has 0 spiro atoms. The fraction of sp³-hybridized carbons (Fsp3) is 0.974. The van der Waals surface area contributed by atoms with E-state index in [0.29, 0.717) is 17.4 Å². The van der Waals surface area contributed by atoms with Crippen LogP contribution in [0.15, 0.2) is 0 Å². The number of esters is 2. The molecule has 0 rings (SSSR count). The second kappa shape index (κ2) is 69.4. The summed E-state index contributed by atoms with van der Waals surface area (Å²) in [7, 11) is 1.51. The van der Waals surface area contributed by atoms with Crippen LogP contribution in [0.4, 0.5) is 0 Å². The second-order valence-corrected chi connectivity index (χ2v) is 29.9. The number of hydrogen-bond donors (Lipinski definition) is 1. The molecule has 0 aromatic heterocycles. The number of carbonyl (C=O) groups excluding carboxylic acids is 2. The highest BCUT2D eigenvalue weighted by Gasteiger charge is 2.27. The molecule has 0 aliphatic heterocycles. The normalized spacial score (nSPS) is 12.9. The van der Waals surface area contributed by atoms with Gasteiger partial charge in [0.1, 0.15) is 19.8 Å². The van der Waals surface area contributed by atoms with Crippen molar-refractivity contribution >= 4 is 19.8 Å². The number of rotatable bonds is 75. The Morgan fingerprint density at radius 3 is 0.736 bits per heavy atom. The molecule has 0 aliphatic rings. The number of hydrogen-bond acceptors (Lipinski definition) is 7. The van der Waals surface area contributed by atoms with E-state index >= 15 is 0 Å². The largest absolute Gasteiger partial charge is 0.472 e. The fourth-order valence-electron chi connectivity index (χ4n) is 12.4. The van der Waals surface area contributed by atoms with E-state index in [-0.39, 0.29) is 25.6 Å². The summed E-state index contributed by atoms with van der Waals surface area (Å²) in [6.45, 7) is 4.54. The van der Waals surface area contributed by atoms with Crippen LogP contribution in [0.3, 0.4) is 0 Å². The molecule has 0 aromatic rings. The quantitative estimate of drug-likeness (QED) is 0.0278. The van der Waals surface area contributed by atoms with Crippen molar-refractivity contribution in [3.05, 3.63) is 0 Å². The summed E-state index contributed by atoms with van der Waals surface area (Å²) in [5.74, 6) is -0.766. The average molecular weight is 1250 g/mol. The summed E-state index contributed by atoms with van der Waals surface area (Å²) in [5.41, 5.74) is 0. The molecule has 0 radical (unpaired) electrons. The molecule has 0 amide bonds. The minimum Gasteiger partial charge on any atom is -0.462 e. The van der Waals surface area contributed by atoms with Gasteiger partial charge < -0.3 is 18.9 Å².